The lowest BCUT2D eigenvalue weighted by Crippen LogP contribution is -2.50. The van der Waals surface area contributed by atoms with Gasteiger partial charge in [-0.3, -0.25) is 0 Å². The van der Waals surface area contributed by atoms with Crippen molar-refractivity contribution in [3.05, 3.63) is 79.0 Å². The molecule has 0 saturated carbocycles. The molecule has 0 radical (unpaired) electrons. The summed E-state index contributed by atoms with van der Waals surface area (Å²) in [7, 11) is 0. The largest absolute Gasteiger partial charge is 0.464 e. The second kappa shape index (κ2) is 10.1. The SMILES string of the molecule is C=CC(N)(Cn1cc(OC(=O)c2ccccc2)c2ccccc21)C(=O)OCCCCC. The van der Waals surface area contributed by atoms with Crippen molar-refractivity contribution in [2.45, 2.75) is 38.3 Å². The number of unbranched alkanes of at least 4 members (excludes halogenated alkanes) is 2. The van der Waals surface area contributed by atoms with Crippen LogP contribution in [0.3, 0.4) is 0 Å². The van der Waals surface area contributed by atoms with Crippen molar-refractivity contribution in [2.24, 2.45) is 5.73 Å². The van der Waals surface area contributed by atoms with Gasteiger partial charge in [-0.1, -0.05) is 56.2 Å². The van der Waals surface area contributed by atoms with Crippen LogP contribution in [0.2, 0.25) is 0 Å². The Bertz CT molecular complexity index is 1060. The first-order valence-corrected chi connectivity index (χ1v) is 10.4. The van der Waals surface area contributed by atoms with E-state index in [1.807, 2.05) is 30.3 Å². The number of aromatic nitrogens is 1. The molecule has 0 saturated heterocycles. The third-order valence-electron chi connectivity index (χ3n) is 5.12. The zero-order valence-corrected chi connectivity index (χ0v) is 17.8. The molecular formula is C25H28N2O4. The number of esters is 2. The van der Waals surface area contributed by atoms with Gasteiger partial charge >= 0.3 is 11.9 Å². The van der Waals surface area contributed by atoms with Crippen molar-refractivity contribution in [3.63, 3.8) is 0 Å². The van der Waals surface area contributed by atoms with Crippen LogP contribution < -0.4 is 10.5 Å². The molecule has 3 rings (SSSR count). The highest BCUT2D eigenvalue weighted by Crippen LogP contribution is 2.30. The number of para-hydroxylation sites is 1. The van der Waals surface area contributed by atoms with Crippen LogP contribution in [0.25, 0.3) is 10.9 Å². The lowest BCUT2D eigenvalue weighted by molar-refractivity contribution is -0.148. The molecule has 162 valence electrons. The number of hydrogen-bond acceptors (Lipinski definition) is 5. The predicted molar refractivity (Wildman–Crippen MR) is 121 cm³/mol. The normalized spacial score (nSPS) is 12.8. The van der Waals surface area contributed by atoms with E-state index in [9.17, 15) is 9.59 Å². The maximum absolute atomic E-state index is 12.7. The summed E-state index contributed by atoms with van der Waals surface area (Å²) in [5.41, 5.74) is 6.19. The van der Waals surface area contributed by atoms with Crippen molar-refractivity contribution in [1.82, 2.24) is 4.57 Å². The Morgan fingerprint density at radius 3 is 2.52 bits per heavy atom. The smallest absolute Gasteiger partial charge is 0.343 e. The zero-order valence-electron chi connectivity index (χ0n) is 17.8. The van der Waals surface area contributed by atoms with Gasteiger partial charge in [-0.05, 0) is 30.7 Å². The van der Waals surface area contributed by atoms with Gasteiger partial charge in [0.15, 0.2) is 11.3 Å². The Morgan fingerprint density at radius 1 is 1.10 bits per heavy atom. The minimum Gasteiger partial charge on any atom is -0.464 e. The number of benzene rings is 2. The summed E-state index contributed by atoms with van der Waals surface area (Å²) in [6.07, 6.45) is 5.89. The number of nitrogens with zero attached hydrogens (tertiary/aromatic N) is 1. The molecule has 0 amide bonds. The van der Waals surface area contributed by atoms with Gasteiger partial charge in [0.25, 0.3) is 0 Å². The van der Waals surface area contributed by atoms with E-state index in [0.717, 1.165) is 30.2 Å². The predicted octanol–water partition coefficient (Wildman–Crippen LogP) is 4.48. The van der Waals surface area contributed by atoms with Crippen LogP contribution in [-0.2, 0) is 16.1 Å². The quantitative estimate of drug-likeness (QED) is 0.297. The summed E-state index contributed by atoms with van der Waals surface area (Å²) >= 11 is 0. The van der Waals surface area contributed by atoms with Crippen LogP contribution in [0.15, 0.2) is 73.4 Å². The van der Waals surface area contributed by atoms with Crippen molar-refractivity contribution < 1.29 is 19.1 Å². The number of rotatable bonds is 10. The molecule has 6 nitrogen and oxygen atoms in total. The highest BCUT2D eigenvalue weighted by atomic mass is 16.5. The second-order valence-electron chi connectivity index (χ2n) is 7.48. The molecule has 0 spiro atoms. The highest BCUT2D eigenvalue weighted by Gasteiger charge is 2.34. The molecule has 3 aromatic rings. The molecule has 0 aliphatic carbocycles. The van der Waals surface area contributed by atoms with Gasteiger partial charge in [0.2, 0.25) is 0 Å². The van der Waals surface area contributed by atoms with Gasteiger partial charge in [-0.2, -0.15) is 0 Å². The van der Waals surface area contributed by atoms with E-state index in [1.54, 1.807) is 35.0 Å². The van der Waals surface area contributed by atoms with E-state index in [-0.39, 0.29) is 6.54 Å². The van der Waals surface area contributed by atoms with Crippen molar-refractivity contribution in [2.75, 3.05) is 6.61 Å². The standard InChI is InChI=1S/C25H28N2O4/c1-3-5-11-16-30-24(29)25(26,4-2)18-27-17-22(20-14-9-10-15-21(20)27)31-23(28)19-12-7-6-8-13-19/h4,6-10,12-15,17H,2-3,5,11,16,18,26H2,1H3. The van der Waals surface area contributed by atoms with Crippen LogP contribution >= 0.6 is 0 Å². The Hall–Kier alpha value is -3.38. The maximum atomic E-state index is 12.7. The van der Waals surface area contributed by atoms with Gasteiger partial charge in [0.1, 0.15) is 0 Å². The third-order valence-corrected chi connectivity index (χ3v) is 5.12. The summed E-state index contributed by atoms with van der Waals surface area (Å²) in [6.45, 7) is 6.26. The van der Waals surface area contributed by atoms with E-state index in [1.165, 1.54) is 6.08 Å². The molecule has 2 aromatic carbocycles. The van der Waals surface area contributed by atoms with Crippen LogP contribution in [0.5, 0.6) is 5.75 Å². The number of nitrogens with two attached hydrogens (primary N) is 1. The number of carbonyl (C=O) groups is 2. The minimum atomic E-state index is -1.41. The summed E-state index contributed by atoms with van der Waals surface area (Å²) in [4.78, 5) is 25.2. The molecule has 0 bridgehead atoms. The van der Waals surface area contributed by atoms with Gasteiger partial charge < -0.3 is 19.8 Å². The summed E-state index contributed by atoms with van der Waals surface area (Å²) < 4.78 is 12.8. The number of fused-ring (bicyclic) bond motifs is 1. The number of hydrogen-bond donors (Lipinski definition) is 1. The molecule has 1 atom stereocenters. The number of ether oxygens (including phenoxy) is 2. The zero-order chi connectivity index (χ0) is 22.3. The van der Waals surface area contributed by atoms with E-state index in [0.29, 0.717) is 17.9 Å². The average Bonchev–Trinajstić information content (AvgIpc) is 3.13. The Balaban J connectivity index is 1.84. The van der Waals surface area contributed by atoms with E-state index in [2.05, 4.69) is 13.5 Å². The Kier molecular flexibility index (Phi) is 7.26. The molecular weight excluding hydrogens is 392 g/mol. The van der Waals surface area contributed by atoms with E-state index < -0.39 is 17.5 Å². The highest BCUT2D eigenvalue weighted by molar-refractivity contribution is 5.95. The molecule has 0 aliphatic rings. The maximum Gasteiger partial charge on any atom is 0.343 e. The molecule has 6 heteroatoms. The fourth-order valence-corrected chi connectivity index (χ4v) is 3.30. The molecule has 1 aromatic heterocycles. The lowest BCUT2D eigenvalue weighted by atomic mass is 10.0. The summed E-state index contributed by atoms with van der Waals surface area (Å²) in [5, 5.41) is 0.745. The second-order valence-corrected chi connectivity index (χ2v) is 7.48. The van der Waals surface area contributed by atoms with Gasteiger partial charge in [-0.15, -0.1) is 6.58 Å². The molecule has 0 fully saturated rings. The number of carbonyl (C=O) groups excluding carboxylic acids is 2. The van der Waals surface area contributed by atoms with Crippen LogP contribution in [0.1, 0.15) is 36.5 Å². The van der Waals surface area contributed by atoms with Gasteiger partial charge in [-0.25, -0.2) is 9.59 Å². The average molecular weight is 421 g/mol. The van der Waals surface area contributed by atoms with Crippen molar-refractivity contribution >= 4 is 22.8 Å². The van der Waals surface area contributed by atoms with Crippen molar-refractivity contribution in [3.8, 4) is 5.75 Å². The van der Waals surface area contributed by atoms with Crippen LogP contribution in [0.4, 0.5) is 0 Å². The minimum absolute atomic E-state index is 0.104. The Labute approximate surface area is 182 Å². The Morgan fingerprint density at radius 2 is 1.81 bits per heavy atom. The van der Waals surface area contributed by atoms with Crippen LogP contribution in [0, 0.1) is 0 Å². The summed E-state index contributed by atoms with van der Waals surface area (Å²) in [5.74, 6) is -0.590. The van der Waals surface area contributed by atoms with E-state index >= 15 is 0 Å². The summed E-state index contributed by atoms with van der Waals surface area (Å²) in [6, 6.07) is 16.2. The molecule has 1 heterocycles. The molecule has 1 unspecified atom stereocenters. The fraction of sp³-hybridized carbons (Fsp3) is 0.280. The first-order valence-electron chi connectivity index (χ1n) is 10.4. The first-order chi connectivity index (χ1) is 15.0. The van der Waals surface area contributed by atoms with Gasteiger partial charge in [0.05, 0.1) is 24.2 Å². The van der Waals surface area contributed by atoms with Gasteiger partial charge in [0, 0.05) is 11.6 Å². The van der Waals surface area contributed by atoms with Crippen molar-refractivity contribution in [1.29, 1.82) is 0 Å². The third kappa shape index (κ3) is 5.22. The first kappa shape index (κ1) is 22.3. The monoisotopic (exact) mass is 420 g/mol. The topological polar surface area (TPSA) is 83.5 Å². The molecule has 0 aliphatic heterocycles. The molecule has 2 N–H and O–H groups in total. The fourth-order valence-electron chi connectivity index (χ4n) is 3.30. The lowest BCUT2D eigenvalue weighted by Gasteiger charge is -2.24. The van der Waals surface area contributed by atoms with Crippen LogP contribution in [-0.4, -0.2) is 28.7 Å². The van der Waals surface area contributed by atoms with E-state index in [4.69, 9.17) is 15.2 Å². The molecule has 31 heavy (non-hydrogen) atoms.